The van der Waals surface area contributed by atoms with Crippen LogP contribution in [0.1, 0.15) is 33.1 Å². The molecule has 0 spiro atoms. The Morgan fingerprint density at radius 1 is 1.44 bits per heavy atom. The molecule has 0 atom stereocenters. The maximum atomic E-state index is 2.34. The largest absolute Gasteiger partial charge is 0.0917 e. The average molecular weight is 124 g/mol. The third-order valence-corrected chi connectivity index (χ3v) is 2.18. The number of allylic oxidation sites excluding steroid dienone is 2. The first kappa shape index (κ1) is 6.85. The van der Waals surface area contributed by atoms with Gasteiger partial charge < -0.3 is 0 Å². The van der Waals surface area contributed by atoms with Gasteiger partial charge >= 0.3 is 0 Å². The molecule has 0 aromatic heterocycles. The minimum absolute atomic E-state index is 1.01. The van der Waals surface area contributed by atoms with E-state index in [1.54, 1.807) is 0 Å². The van der Waals surface area contributed by atoms with Crippen molar-refractivity contribution in [2.24, 2.45) is 11.8 Å². The van der Waals surface area contributed by atoms with E-state index in [1.807, 2.05) is 0 Å². The van der Waals surface area contributed by atoms with E-state index in [9.17, 15) is 0 Å². The Hall–Kier alpha value is -0.260. The van der Waals surface area contributed by atoms with Crippen LogP contribution < -0.4 is 0 Å². The van der Waals surface area contributed by atoms with Crippen molar-refractivity contribution in [3.05, 3.63) is 12.2 Å². The van der Waals surface area contributed by atoms with Crippen LogP contribution in [0.5, 0.6) is 0 Å². The van der Waals surface area contributed by atoms with Gasteiger partial charge in [0.1, 0.15) is 0 Å². The smallest absolute Gasteiger partial charge is 0.0322 e. The Morgan fingerprint density at radius 2 is 2.11 bits per heavy atom. The molecular weight excluding hydrogens is 108 g/mol. The van der Waals surface area contributed by atoms with E-state index >= 15 is 0 Å². The summed E-state index contributed by atoms with van der Waals surface area (Å²) in [5.74, 6) is 2.04. The van der Waals surface area contributed by atoms with Gasteiger partial charge in [-0.1, -0.05) is 19.1 Å². The Bertz CT molecular complexity index is 96.6. The molecule has 1 saturated carbocycles. The molecule has 1 rings (SSSR count). The van der Waals surface area contributed by atoms with Crippen molar-refractivity contribution in [2.45, 2.75) is 33.1 Å². The van der Waals surface area contributed by atoms with Crippen LogP contribution in [-0.4, -0.2) is 0 Å². The van der Waals surface area contributed by atoms with Gasteiger partial charge in [-0.15, -0.1) is 0 Å². The van der Waals surface area contributed by atoms with Crippen LogP contribution in [0, 0.1) is 11.8 Å². The molecule has 9 heavy (non-hydrogen) atoms. The normalized spacial score (nSPS) is 34.9. The van der Waals surface area contributed by atoms with Crippen molar-refractivity contribution in [3.63, 3.8) is 0 Å². The fourth-order valence-corrected chi connectivity index (χ4v) is 1.59. The van der Waals surface area contributed by atoms with Gasteiger partial charge in [0.2, 0.25) is 0 Å². The van der Waals surface area contributed by atoms with Gasteiger partial charge in [0.25, 0.3) is 0 Å². The van der Waals surface area contributed by atoms with Gasteiger partial charge in [0, 0.05) is 0 Å². The lowest BCUT2D eigenvalue weighted by atomic mass is 9.74. The van der Waals surface area contributed by atoms with Gasteiger partial charge in [-0.3, -0.25) is 0 Å². The zero-order chi connectivity index (χ0) is 6.69. The zero-order valence-corrected chi connectivity index (χ0v) is 6.43. The van der Waals surface area contributed by atoms with Crippen LogP contribution >= 0.6 is 0 Å². The molecule has 0 heterocycles. The van der Waals surface area contributed by atoms with Crippen LogP contribution in [0.4, 0.5) is 0 Å². The summed E-state index contributed by atoms with van der Waals surface area (Å²) in [6.45, 7) is 4.44. The van der Waals surface area contributed by atoms with E-state index in [0.717, 1.165) is 11.8 Å². The summed E-state index contributed by atoms with van der Waals surface area (Å²) in [7, 11) is 0. The first-order chi connectivity index (χ1) is 4.33. The molecule has 1 aliphatic rings. The van der Waals surface area contributed by atoms with Crippen molar-refractivity contribution in [1.82, 2.24) is 0 Å². The highest BCUT2D eigenvalue weighted by molar-refractivity contribution is 4.86. The van der Waals surface area contributed by atoms with Gasteiger partial charge in [-0.25, -0.2) is 0 Å². The SMILES string of the molecule is CC=CCC1CC(C)C1. The monoisotopic (exact) mass is 124 g/mol. The lowest BCUT2D eigenvalue weighted by Gasteiger charge is -2.31. The van der Waals surface area contributed by atoms with E-state index in [2.05, 4.69) is 26.0 Å². The second-order valence-electron chi connectivity index (χ2n) is 3.25. The van der Waals surface area contributed by atoms with Crippen LogP contribution in [0.3, 0.4) is 0 Å². The molecule has 1 fully saturated rings. The summed E-state index contributed by atoms with van der Waals surface area (Å²) in [6.07, 6.45) is 8.69. The minimum atomic E-state index is 1.01. The first-order valence-corrected chi connectivity index (χ1v) is 3.94. The van der Waals surface area contributed by atoms with E-state index in [4.69, 9.17) is 0 Å². The van der Waals surface area contributed by atoms with Crippen LogP contribution in [0.25, 0.3) is 0 Å². The highest BCUT2D eigenvalue weighted by Gasteiger charge is 2.23. The van der Waals surface area contributed by atoms with E-state index in [-0.39, 0.29) is 0 Å². The molecule has 0 radical (unpaired) electrons. The van der Waals surface area contributed by atoms with Crippen molar-refractivity contribution >= 4 is 0 Å². The molecule has 0 amide bonds. The second-order valence-corrected chi connectivity index (χ2v) is 3.25. The lowest BCUT2D eigenvalue weighted by Crippen LogP contribution is -2.19. The van der Waals surface area contributed by atoms with Gasteiger partial charge in [-0.05, 0) is 38.0 Å². The van der Waals surface area contributed by atoms with Crippen LogP contribution in [0.2, 0.25) is 0 Å². The fourth-order valence-electron chi connectivity index (χ4n) is 1.59. The van der Waals surface area contributed by atoms with Gasteiger partial charge in [0.15, 0.2) is 0 Å². The Labute approximate surface area is 58.0 Å². The van der Waals surface area contributed by atoms with Crippen LogP contribution in [0.15, 0.2) is 12.2 Å². The third-order valence-electron chi connectivity index (χ3n) is 2.18. The Kier molecular flexibility index (Phi) is 2.32. The molecule has 0 bridgehead atoms. The van der Waals surface area contributed by atoms with Crippen LogP contribution in [-0.2, 0) is 0 Å². The maximum absolute atomic E-state index is 2.34. The summed E-state index contributed by atoms with van der Waals surface area (Å²) in [4.78, 5) is 0. The predicted molar refractivity (Wildman–Crippen MR) is 41.3 cm³/mol. The molecule has 1 aliphatic carbocycles. The summed E-state index contributed by atoms with van der Waals surface area (Å²) in [6, 6.07) is 0. The predicted octanol–water partition coefficient (Wildman–Crippen LogP) is 3.00. The molecule has 0 aromatic rings. The Balaban J connectivity index is 2.04. The average Bonchev–Trinajstić information content (AvgIpc) is 1.78. The summed E-state index contributed by atoms with van der Waals surface area (Å²) in [5, 5.41) is 0. The quantitative estimate of drug-likeness (QED) is 0.496. The van der Waals surface area contributed by atoms with Crippen molar-refractivity contribution in [2.75, 3.05) is 0 Å². The molecule has 0 nitrogen and oxygen atoms in total. The van der Waals surface area contributed by atoms with E-state index in [1.165, 1.54) is 19.3 Å². The van der Waals surface area contributed by atoms with Gasteiger partial charge in [-0.2, -0.15) is 0 Å². The third kappa shape index (κ3) is 1.85. The number of rotatable bonds is 2. The molecular formula is C9H16. The molecule has 52 valence electrons. The molecule has 0 aliphatic heterocycles. The van der Waals surface area contributed by atoms with Crippen molar-refractivity contribution < 1.29 is 0 Å². The number of hydrogen-bond donors (Lipinski definition) is 0. The van der Waals surface area contributed by atoms with E-state index in [0.29, 0.717) is 0 Å². The summed E-state index contributed by atoms with van der Waals surface area (Å²) >= 11 is 0. The highest BCUT2D eigenvalue weighted by Crippen LogP contribution is 2.35. The Morgan fingerprint density at radius 3 is 2.56 bits per heavy atom. The van der Waals surface area contributed by atoms with Crippen molar-refractivity contribution in [3.8, 4) is 0 Å². The standard InChI is InChI=1S/C9H16/c1-3-4-5-9-6-8(2)7-9/h3-4,8-9H,5-7H2,1-2H3. The fraction of sp³-hybridized carbons (Fsp3) is 0.778. The first-order valence-electron chi connectivity index (χ1n) is 3.94. The minimum Gasteiger partial charge on any atom is -0.0917 e. The molecule has 0 aromatic carbocycles. The topological polar surface area (TPSA) is 0 Å². The van der Waals surface area contributed by atoms with Crippen molar-refractivity contribution in [1.29, 1.82) is 0 Å². The second kappa shape index (κ2) is 3.05. The molecule has 0 N–H and O–H groups in total. The summed E-state index contributed by atoms with van der Waals surface area (Å²) < 4.78 is 0. The molecule has 0 unspecified atom stereocenters. The molecule has 0 saturated heterocycles. The lowest BCUT2D eigenvalue weighted by molar-refractivity contribution is 0.215. The maximum Gasteiger partial charge on any atom is -0.0322 e. The zero-order valence-electron chi connectivity index (χ0n) is 6.43. The van der Waals surface area contributed by atoms with E-state index < -0.39 is 0 Å². The summed E-state index contributed by atoms with van der Waals surface area (Å²) in [5.41, 5.74) is 0. The number of hydrogen-bond acceptors (Lipinski definition) is 0. The van der Waals surface area contributed by atoms with Gasteiger partial charge in [0.05, 0.1) is 0 Å². The molecule has 0 heteroatoms. The highest BCUT2D eigenvalue weighted by atomic mass is 14.3.